The zero-order valence-electron chi connectivity index (χ0n) is 19.2. The Morgan fingerprint density at radius 2 is 1.71 bits per heavy atom. The standard InChI is InChI=1S/C25H40ClN5/c1-27-25(31-16-11-22(19-31)18-29-12-5-2-6-13-29)28-17-21-9-14-30(15-10-21)20-23-7-3-4-8-24(23)26/h3-4,7-8,21-22H,2,5-6,9-20H2,1H3,(H,27,28). The molecule has 3 saturated heterocycles. The highest BCUT2D eigenvalue weighted by Crippen LogP contribution is 2.23. The fourth-order valence-electron chi connectivity index (χ4n) is 5.47. The van der Waals surface area contributed by atoms with Crippen LogP contribution in [0.15, 0.2) is 29.3 Å². The summed E-state index contributed by atoms with van der Waals surface area (Å²) in [7, 11) is 1.94. The van der Waals surface area contributed by atoms with E-state index in [1.807, 2.05) is 19.2 Å². The van der Waals surface area contributed by atoms with Crippen molar-refractivity contribution in [2.45, 2.75) is 45.1 Å². The van der Waals surface area contributed by atoms with Crippen molar-refractivity contribution in [2.75, 3.05) is 59.4 Å². The molecule has 0 aliphatic carbocycles. The molecule has 172 valence electrons. The van der Waals surface area contributed by atoms with Crippen molar-refractivity contribution < 1.29 is 0 Å². The quantitative estimate of drug-likeness (QED) is 0.531. The van der Waals surface area contributed by atoms with Crippen LogP contribution in [-0.2, 0) is 6.54 Å². The minimum absolute atomic E-state index is 0.728. The van der Waals surface area contributed by atoms with E-state index < -0.39 is 0 Å². The van der Waals surface area contributed by atoms with Gasteiger partial charge in [0.1, 0.15) is 0 Å². The number of guanidine groups is 1. The second-order valence-corrected chi connectivity index (χ2v) is 10.1. The SMILES string of the molecule is CN=C(NCC1CCN(Cc2ccccc2Cl)CC1)N1CCC(CN2CCCCC2)C1. The Kier molecular flexibility index (Phi) is 8.51. The van der Waals surface area contributed by atoms with Crippen molar-refractivity contribution in [2.24, 2.45) is 16.8 Å². The van der Waals surface area contributed by atoms with Gasteiger partial charge in [0.25, 0.3) is 0 Å². The lowest BCUT2D eigenvalue weighted by molar-refractivity contribution is 0.177. The van der Waals surface area contributed by atoms with Crippen molar-refractivity contribution >= 4 is 17.6 Å². The molecule has 4 rings (SSSR count). The Labute approximate surface area is 193 Å². The van der Waals surface area contributed by atoms with Gasteiger partial charge in [0.15, 0.2) is 5.96 Å². The van der Waals surface area contributed by atoms with Gasteiger partial charge in [0.05, 0.1) is 0 Å². The number of nitrogens with one attached hydrogen (secondary N) is 1. The monoisotopic (exact) mass is 445 g/mol. The molecule has 1 aromatic rings. The highest BCUT2D eigenvalue weighted by atomic mass is 35.5. The second kappa shape index (κ2) is 11.5. The van der Waals surface area contributed by atoms with Crippen molar-refractivity contribution in [3.05, 3.63) is 34.9 Å². The van der Waals surface area contributed by atoms with Crippen LogP contribution in [0.3, 0.4) is 0 Å². The number of piperidine rings is 2. The number of aliphatic imine (C=N–C) groups is 1. The molecule has 0 aromatic heterocycles. The van der Waals surface area contributed by atoms with Gasteiger partial charge in [-0.05, 0) is 81.7 Å². The second-order valence-electron chi connectivity index (χ2n) is 9.70. The van der Waals surface area contributed by atoms with E-state index in [0.717, 1.165) is 62.1 Å². The van der Waals surface area contributed by atoms with Gasteiger partial charge in [-0.15, -0.1) is 0 Å². The maximum atomic E-state index is 6.34. The van der Waals surface area contributed by atoms with E-state index in [1.165, 1.54) is 63.7 Å². The van der Waals surface area contributed by atoms with Crippen LogP contribution in [0, 0.1) is 11.8 Å². The number of rotatable bonds is 6. The van der Waals surface area contributed by atoms with E-state index in [4.69, 9.17) is 11.6 Å². The molecule has 0 amide bonds. The number of hydrogen-bond acceptors (Lipinski definition) is 3. The summed E-state index contributed by atoms with van der Waals surface area (Å²) in [5.41, 5.74) is 1.24. The third-order valence-corrected chi connectivity index (χ3v) is 7.74. The molecule has 0 bridgehead atoms. The third-order valence-electron chi connectivity index (χ3n) is 7.37. The Bertz CT molecular complexity index is 710. The van der Waals surface area contributed by atoms with Crippen LogP contribution in [0.25, 0.3) is 0 Å². The average molecular weight is 446 g/mol. The maximum Gasteiger partial charge on any atom is 0.193 e. The first-order chi connectivity index (χ1) is 15.2. The van der Waals surface area contributed by atoms with Gasteiger partial charge < -0.3 is 15.1 Å². The summed E-state index contributed by atoms with van der Waals surface area (Å²) in [6, 6.07) is 8.23. The number of benzene rings is 1. The molecule has 3 aliphatic rings. The number of likely N-dealkylation sites (tertiary alicyclic amines) is 3. The minimum Gasteiger partial charge on any atom is -0.356 e. The molecule has 31 heavy (non-hydrogen) atoms. The predicted octanol–water partition coefficient (Wildman–Crippen LogP) is 3.94. The number of hydrogen-bond donors (Lipinski definition) is 1. The average Bonchev–Trinajstić information content (AvgIpc) is 3.26. The summed E-state index contributed by atoms with van der Waals surface area (Å²) in [6.45, 7) is 10.5. The molecule has 0 radical (unpaired) electrons. The first-order valence-electron chi connectivity index (χ1n) is 12.3. The highest BCUT2D eigenvalue weighted by molar-refractivity contribution is 6.31. The molecule has 5 nitrogen and oxygen atoms in total. The molecule has 6 heteroatoms. The molecule has 0 saturated carbocycles. The summed E-state index contributed by atoms with van der Waals surface area (Å²) in [4.78, 5) is 12.3. The fourth-order valence-corrected chi connectivity index (χ4v) is 5.66. The third kappa shape index (κ3) is 6.59. The van der Waals surface area contributed by atoms with Crippen molar-refractivity contribution in [1.29, 1.82) is 0 Å². The molecule has 3 fully saturated rings. The summed E-state index contributed by atoms with van der Waals surface area (Å²) >= 11 is 6.34. The van der Waals surface area contributed by atoms with E-state index in [-0.39, 0.29) is 0 Å². The topological polar surface area (TPSA) is 34.1 Å². The van der Waals surface area contributed by atoms with Crippen LogP contribution < -0.4 is 5.32 Å². The van der Waals surface area contributed by atoms with Crippen LogP contribution in [0.1, 0.15) is 44.1 Å². The molecule has 1 N–H and O–H groups in total. The van der Waals surface area contributed by atoms with Crippen LogP contribution in [0.4, 0.5) is 0 Å². The lowest BCUT2D eigenvalue weighted by atomic mass is 9.96. The van der Waals surface area contributed by atoms with Crippen LogP contribution in [0.2, 0.25) is 5.02 Å². The van der Waals surface area contributed by atoms with E-state index in [2.05, 4.69) is 37.1 Å². The highest BCUT2D eigenvalue weighted by Gasteiger charge is 2.27. The van der Waals surface area contributed by atoms with Crippen LogP contribution in [0.5, 0.6) is 0 Å². The smallest absolute Gasteiger partial charge is 0.193 e. The van der Waals surface area contributed by atoms with Gasteiger partial charge in [-0.2, -0.15) is 0 Å². The Morgan fingerprint density at radius 3 is 2.45 bits per heavy atom. The first-order valence-corrected chi connectivity index (χ1v) is 12.7. The molecule has 1 aromatic carbocycles. The molecule has 3 heterocycles. The largest absolute Gasteiger partial charge is 0.356 e. The normalized spacial score (nSPS) is 24.6. The Balaban J connectivity index is 1.16. The lowest BCUT2D eigenvalue weighted by Gasteiger charge is -2.33. The predicted molar refractivity (Wildman–Crippen MR) is 131 cm³/mol. The maximum absolute atomic E-state index is 6.34. The van der Waals surface area contributed by atoms with Crippen LogP contribution in [-0.4, -0.2) is 80.1 Å². The Hall–Kier alpha value is -1.30. The first kappa shape index (κ1) is 22.9. The molecule has 1 atom stereocenters. The minimum atomic E-state index is 0.728. The summed E-state index contributed by atoms with van der Waals surface area (Å²) in [5.74, 6) is 2.63. The molecular weight excluding hydrogens is 406 g/mol. The summed E-state index contributed by atoms with van der Waals surface area (Å²) < 4.78 is 0. The van der Waals surface area contributed by atoms with E-state index >= 15 is 0 Å². The zero-order chi connectivity index (χ0) is 21.5. The van der Waals surface area contributed by atoms with Gasteiger partial charge in [-0.25, -0.2) is 0 Å². The van der Waals surface area contributed by atoms with Crippen LogP contribution >= 0.6 is 11.6 Å². The molecule has 3 aliphatic heterocycles. The lowest BCUT2D eigenvalue weighted by Crippen LogP contribution is -2.44. The fraction of sp³-hybridized carbons (Fsp3) is 0.720. The molecule has 1 unspecified atom stereocenters. The molecule has 0 spiro atoms. The van der Waals surface area contributed by atoms with E-state index in [1.54, 1.807) is 0 Å². The van der Waals surface area contributed by atoms with Gasteiger partial charge in [-0.3, -0.25) is 9.89 Å². The summed E-state index contributed by atoms with van der Waals surface area (Å²) in [6.07, 6.45) is 7.98. The van der Waals surface area contributed by atoms with E-state index in [0.29, 0.717) is 0 Å². The zero-order valence-corrected chi connectivity index (χ0v) is 20.0. The molecular formula is C25H40ClN5. The summed E-state index contributed by atoms with van der Waals surface area (Å²) in [5, 5.41) is 4.59. The Morgan fingerprint density at radius 1 is 0.968 bits per heavy atom. The number of halogens is 1. The van der Waals surface area contributed by atoms with Crippen molar-refractivity contribution in [3.8, 4) is 0 Å². The van der Waals surface area contributed by atoms with E-state index in [9.17, 15) is 0 Å². The van der Waals surface area contributed by atoms with Gasteiger partial charge >= 0.3 is 0 Å². The van der Waals surface area contributed by atoms with Gasteiger partial charge in [0, 0.05) is 44.8 Å². The van der Waals surface area contributed by atoms with Gasteiger partial charge in [0.2, 0.25) is 0 Å². The van der Waals surface area contributed by atoms with Gasteiger partial charge in [-0.1, -0.05) is 36.2 Å². The van der Waals surface area contributed by atoms with Crippen molar-refractivity contribution in [3.63, 3.8) is 0 Å². The van der Waals surface area contributed by atoms with Crippen molar-refractivity contribution in [1.82, 2.24) is 20.0 Å². The number of nitrogens with zero attached hydrogens (tertiary/aromatic N) is 4.